The average molecular weight is 410 g/mol. The monoisotopic (exact) mass is 409 g/mol. The predicted octanol–water partition coefficient (Wildman–Crippen LogP) is 3.85. The van der Waals surface area contributed by atoms with Gasteiger partial charge in [-0.25, -0.2) is 9.37 Å². The van der Waals surface area contributed by atoms with Gasteiger partial charge >= 0.3 is 0 Å². The maximum Gasteiger partial charge on any atom is 0.289 e. The van der Waals surface area contributed by atoms with Crippen molar-refractivity contribution in [3.05, 3.63) is 59.7 Å². The lowest BCUT2D eigenvalue weighted by Crippen LogP contribution is -2.47. The first-order valence-corrected chi connectivity index (χ1v) is 10.6. The second-order valence-electron chi connectivity index (χ2n) is 7.98. The number of carbonyl (C=O) groups is 1. The van der Waals surface area contributed by atoms with Crippen molar-refractivity contribution in [2.24, 2.45) is 0 Å². The maximum atomic E-state index is 13.5. The number of hydrogen-bond acceptors (Lipinski definition) is 4. The summed E-state index contributed by atoms with van der Waals surface area (Å²) in [5.41, 5.74) is 8.94. The zero-order valence-corrected chi connectivity index (χ0v) is 17.2. The van der Waals surface area contributed by atoms with Gasteiger partial charge in [0.25, 0.3) is 5.91 Å². The normalized spacial score (nSPS) is 19.1. The van der Waals surface area contributed by atoms with E-state index >= 15 is 0 Å². The minimum atomic E-state index is -0.348. The second kappa shape index (κ2) is 8.83. The van der Waals surface area contributed by atoms with E-state index in [0.717, 1.165) is 43.5 Å². The van der Waals surface area contributed by atoms with Gasteiger partial charge in [-0.05, 0) is 68.5 Å². The van der Waals surface area contributed by atoms with Gasteiger partial charge in [0, 0.05) is 30.9 Å². The number of aromatic nitrogens is 2. The Hall–Kier alpha value is -2.93. The van der Waals surface area contributed by atoms with Gasteiger partial charge in [0.1, 0.15) is 5.82 Å². The highest BCUT2D eigenvalue weighted by Crippen LogP contribution is 2.25. The third kappa shape index (κ3) is 4.46. The van der Waals surface area contributed by atoms with Gasteiger partial charge in [0.2, 0.25) is 0 Å². The molecule has 1 amide bonds. The van der Waals surface area contributed by atoms with E-state index in [1.807, 2.05) is 30.0 Å². The van der Waals surface area contributed by atoms with E-state index in [-0.39, 0.29) is 23.6 Å². The average Bonchev–Trinajstić information content (AvgIpc) is 3.16. The minimum Gasteiger partial charge on any atom is -0.399 e. The van der Waals surface area contributed by atoms with Crippen LogP contribution in [0.25, 0.3) is 11.0 Å². The Kier molecular flexibility index (Phi) is 5.99. The number of rotatable bonds is 6. The number of H-pyrrole nitrogens is 1. The van der Waals surface area contributed by atoms with E-state index in [2.05, 4.69) is 21.4 Å². The molecule has 3 aromatic rings. The predicted molar refractivity (Wildman–Crippen MR) is 117 cm³/mol. The van der Waals surface area contributed by atoms with Gasteiger partial charge in [-0.15, -0.1) is 0 Å². The summed E-state index contributed by atoms with van der Waals surface area (Å²) >= 11 is 0. The fraction of sp³-hybridized carbons (Fsp3) is 0.391. The van der Waals surface area contributed by atoms with Crippen LogP contribution in [0.2, 0.25) is 0 Å². The molecule has 2 atom stereocenters. The lowest BCUT2D eigenvalue weighted by molar-refractivity contribution is 0.0617. The van der Waals surface area contributed by atoms with Crippen LogP contribution in [0.15, 0.2) is 42.5 Å². The number of nitrogens with zero attached hydrogens (tertiary/aromatic N) is 2. The molecule has 1 aliphatic carbocycles. The molecule has 30 heavy (non-hydrogen) atoms. The van der Waals surface area contributed by atoms with Crippen molar-refractivity contribution in [1.29, 1.82) is 0 Å². The number of aromatic amines is 1. The van der Waals surface area contributed by atoms with E-state index < -0.39 is 0 Å². The van der Waals surface area contributed by atoms with Crippen molar-refractivity contribution in [3.63, 3.8) is 0 Å². The molecule has 1 heterocycles. The summed E-state index contributed by atoms with van der Waals surface area (Å²) in [7, 11) is 0. The van der Waals surface area contributed by atoms with Crippen LogP contribution in [0.4, 0.5) is 10.1 Å². The zero-order valence-electron chi connectivity index (χ0n) is 17.2. The van der Waals surface area contributed by atoms with Crippen molar-refractivity contribution >= 4 is 22.6 Å². The first-order valence-electron chi connectivity index (χ1n) is 10.6. The number of anilines is 1. The summed E-state index contributed by atoms with van der Waals surface area (Å²) in [5.74, 6) is -0.207. The highest BCUT2D eigenvalue weighted by molar-refractivity contribution is 5.94. The van der Waals surface area contributed by atoms with Crippen LogP contribution in [0, 0.1) is 5.82 Å². The number of fused-ring (bicyclic) bond motifs is 1. The van der Waals surface area contributed by atoms with Gasteiger partial charge in [0.05, 0.1) is 11.0 Å². The van der Waals surface area contributed by atoms with Crippen molar-refractivity contribution in [2.45, 2.75) is 51.2 Å². The van der Waals surface area contributed by atoms with Crippen LogP contribution >= 0.6 is 0 Å². The molecule has 0 radical (unpaired) electrons. The minimum absolute atomic E-state index is 0.129. The molecule has 0 bridgehead atoms. The quantitative estimate of drug-likeness (QED) is 0.540. The van der Waals surface area contributed by atoms with Crippen molar-refractivity contribution in [2.75, 3.05) is 12.3 Å². The third-order valence-electron chi connectivity index (χ3n) is 5.88. The van der Waals surface area contributed by atoms with Gasteiger partial charge in [-0.3, -0.25) is 4.79 Å². The first kappa shape index (κ1) is 20.3. The Bertz CT molecular complexity index is 1030. The number of hydrogen-bond donors (Lipinski definition) is 3. The lowest BCUT2D eigenvalue weighted by atomic mass is 9.89. The molecule has 1 saturated carbocycles. The zero-order chi connectivity index (χ0) is 21.1. The Morgan fingerprint density at radius 2 is 2.17 bits per heavy atom. The van der Waals surface area contributed by atoms with Crippen LogP contribution in [0.1, 0.15) is 48.8 Å². The maximum absolute atomic E-state index is 13.5. The molecule has 1 fully saturated rings. The molecule has 1 aliphatic rings. The summed E-state index contributed by atoms with van der Waals surface area (Å²) in [5, 5.41) is 3.62. The van der Waals surface area contributed by atoms with Gasteiger partial charge < -0.3 is 20.9 Å². The molecule has 2 aromatic carbocycles. The number of benzene rings is 2. The fourth-order valence-corrected chi connectivity index (χ4v) is 4.38. The standard InChI is InChI=1S/C23H28FN5O/c1-2-29(23(30)22-27-20-10-9-16(24)12-21(20)28-22)19-8-4-7-18(13-19)26-14-15-5-3-6-17(25)11-15/h3,5-6,9-12,18-19,26H,2,4,7-8,13-14,25H2,1H3,(H,27,28)/t18-,19+/m1/s1. The molecule has 0 aliphatic heterocycles. The molecular weight excluding hydrogens is 381 g/mol. The number of nitrogens with one attached hydrogen (secondary N) is 2. The number of carbonyl (C=O) groups excluding carboxylic acids is 1. The fourth-order valence-electron chi connectivity index (χ4n) is 4.38. The number of nitrogens with two attached hydrogens (primary N) is 1. The number of nitrogen functional groups attached to an aromatic ring is 1. The van der Waals surface area contributed by atoms with Crippen molar-refractivity contribution in [1.82, 2.24) is 20.2 Å². The van der Waals surface area contributed by atoms with Crippen molar-refractivity contribution in [3.8, 4) is 0 Å². The molecule has 6 nitrogen and oxygen atoms in total. The van der Waals surface area contributed by atoms with E-state index in [1.54, 1.807) is 6.07 Å². The van der Waals surface area contributed by atoms with Crippen molar-refractivity contribution < 1.29 is 9.18 Å². The molecule has 7 heteroatoms. The van der Waals surface area contributed by atoms with Gasteiger partial charge in [-0.2, -0.15) is 0 Å². The summed E-state index contributed by atoms with van der Waals surface area (Å²) in [6.45, 7) is 3.36. The third-order valence-corrected chi connectivity index (χ3v) is 5.88. The second-order valence-corrected chi connectivity index (χ2v) is 7.98. The summed E-state index contributed by atoms with van der Waals surface area (Å²) in [6.07, 6.45) is 4.03. The summed E-state index contributed by atoms with van der Waals surface area (Å²) < 4.78 is 13.5. The van der Waals surface area contributed by atoms with Gasteiger partial charge in [0.15, 0.2) is 5.82 Å². The van der Waals surface area contributed by atoms with E-state index in [4.69, 9.17) is 5.73 Å². The van der Waals surface area contributed by atoms with Crippen LogP contribution < -0.4 is 11.1 Å². The number of halogens is 1. The number of imidazole rings is 1. The molecule has 4 N–H and O–H groups in total. The molecular formula is C23H28FN5O. The lowest BCUT2D eigenvalue weighted by Gasteiger charge is -2.37. The van der Waals surface area contributed by atoms with Crippen LogP contribution in [-0.2, 0) is 6.54 Å². The molecule has 0 unspecified atom stereocenters. The van der Waals surface area contributed by atoms with Crippen LogP contribution in [0.5, 0.6) is 0 Å². The number of amides is 1. The van der Waals surface area contributed by atoms with E-state index in [9.17, 15) is 9.18 Å². The SMILES string of the molecule is CCN(C(=O)c1nc2ccc(F)cc2[nH]1)[C@H]1CCC[C@@H](NCc2cccc(N)c2)C1. The summed E-state index contributed by atoms with van der Waals surface area (Å²) in [6, 6.07) is 12.7. The Morgan fingerprint density at radius 1 is 1.30 bits per heavy atom. The summed E-state index contributed by atoms with van der Waals surface area (Å²) in [4.78, 5) is 22.4. The molecule has 158 valence electrons. The van der Waals surface area contributed by atoms with Gasteiger partial charge in [-0.1, -0.05) is 12.1 Å². The van der Waals surface area contributed by atoms with E-state index in [1.165, 1.54) is 12.1 Å². The van der Waals surface area contributed by atoms with Crippen LogP contribution in [0.3, 0.4) is 0 Å². The molecule has 0 spiro atoms. The molecule has 1 aromatic heterocycles. The smallest absolute Gasteiger partial charge is 0.289 e. The highest BCUT2D eigenvalue weighted by atomic mass is 19.1. The van der Waals surface area contributed by atoms with E-state index in [0.29, 0.717) is 23.6 Å². The Balaban J connectivity index is 1.43. The molecule has 4 rings (SSSR count). The molecule has 0 saturated heterocycles. The topological polar surface area (TPSA) is 87.0 Å². The van der Waals surface area contributed by atoms with Crippen LogP contribution in [-0.4, -0.2) is 39.4 Å². The Morgan fingerprint density at radius 3 is 2.97 bits per heavy atom. The Labute approximate surface area is 175 Å². The largest absolute Gasteiger partial charge is 0.399 e. The highest BCUT2D eigenvalue weighted by Gasteiger charge is 2.30. The first-order chi connectivity index (χ1) is 14.5.